The topological polar surface area (TPSA) is 63.2 Å². The Morgan fingerprint density at radius 3 is 2.74 bits per heavy atom. The highest BCUT2D eigenvalue weighted by Gasteiger charge is 2.15. The summed E-state index contributed by atoms with van der Waals surface area (Å²) in [5.41, 5.74) is 0.624. The molecule has 108 valence electrons. The predicted molar refractivity (Wildman–Crippen MR) is 77.4 cm³/mol. The number of nitrogens with one attached hydrogen (secondary N) is 2. The van der Waals surface area contributed by atoms with Gasteiger partial charge in [-0.1, -0.05) is 0 Å². The molecule has 0 atom stereocenters. The van der Waals surface area contributed by atoms with Crippen LogP contribution < -0.4 is 10.6 Å². The lowest BCUT2D eigenvalue weighted by molar-refractivity contribution is 0.0527. The van der Waals surface area contributed by atoms with Crippen LogP contribution in [-0.4, -0.2) is 29.8 Å². The molecule has 0 saturated heterocycles. The molecule has 6 heteroatoms. The lowest BCUT2D eigenvalue weighted by Gasteiger charge is -2.19. The van der Waals surface area contributed by atoms with Crippen LogP contribution in [0, 0.1) is 6.92 Å². The minimum absolute atomic E-state index is 0.358. The second-order valence-corrected chi connectivity index (χ2v) is 6.28. The van der Waals surface area contributed by atoms with Crippen LogP contribution in [0.5, 0.6) is 0 Å². The van der Waals surface area contributed by atoms with E-state index in [1.807, 2.05) is 33.1 Å². The van der Waals surface area contributed by atoms with Gasteiger partial charge >= 0.3 is 6.09 Å². The summed E-state index contributed by atoms with van der Waals surface area (Å²) >= 11 is 1.66. The highest BCUT2D eigenvalue weighted by molar-refractivity contribution is 7.09. The Bertz CT molecular complexity index is 399. The third-order valence-electron chi connectivity index (χ3n) is 2.14. The number of nitrogens with zero attached hydrogens (tertiary/aromatic N) is 1. The summed E-state index contributed by atoms with van der Waals surface area (Å²) in [6, 6.07) is 0. The van der Waals surface area contributed by atoms with Crippen LogP contribution in [0.4, 0.5) is 4.79 Å². The zero-order valence-corrected chi connectivity index (χ0v) is 12.9. The van der Waals surface area contributed by atoms with Gasteiger partial charge in [-0.15, -0.1) is 11.3 Å². The maximum atomic E-state index is 11.4. The first-order chi connectivity index (χ1) is 8.87. The van der Waals surface area contributed by atoms with Crippen molar-refractivity contribution in [1.82, 2.24) is 15.6 Å². The molecule has 0 saturated carbocycles. The molecule has 1 rings (SSSR count). The number of aromatic nitrogens is 1. The van der Waals surface area contributed by atoms with Crippen LogP contribution in [0.3, 0.4) is 0 Å². The lowest BCUT2D eigenvalue weighted by Crippen LogP contribution is -2.33. The second kappa shape index (κ2) is 7.45. The van der Waals surface area contributed by atoms with Gasteiger partial charge in [0.25, 0.3) is 0 Å². The second-order valence-electron chi connectivity index (χ2n) is 5.34. The van der Waals surface area contributed by atoms with E-state index in [1.165, 1.54) is 0 Å². The molecular weight excluding hydrogens is 262 g/mol. The van der Waals surface area contributed by atoms with E-state index in [9.17, 15) is 4.79 Å². The van der Waals surface area contributed by atoms with Crippen LogP contribution in [0.1, 0.15) is 37.9 Å². The lowest BCUT2D eigenvalue weighted by atomic mass is 10.2. The highest BCUT2D eigenvalue weighted by Crippen LogP contribution is 2.08. The number of amides is 1. The maximum absolute atomic E-state index is 11.4. The molecule has 1 aromatic rings. The molecule has 1 heterocycles. The Hall–Kier alpha value is -1.14. The number of aryl methyl sites for hydroxylation is 1. The molecule has 19 heavy (non-hydrogen) atoms. The fourth-order valence-corrected chi connectivity index (χ4v) is 2.14. The van der Waals surface area contributed by atoms with Gasteiger partial charge in [-0.3, -0.25) is 0 Å². The molecule has 1 aromatic heterocycles. The maximum Gasteiger partial charge on any atom is 0.407 e. The average Bonchev–Trinajstić information content (AvgIpc) is 2.67. The van der Waals surface area contributed by atoms with Crippen molar-refractivity contribution in [3.63, 3.8) is 0 Å². The third kappa shape index (κ3) is 7.79. The van der Waals surface area contributed by atoms with Crippen molar-refractivity contribution in [2.24, 2.45) is 0 Å². The number of ether oxygens (including phenoxy) is 1. The van der Waals surface area contributed by atoms with Crippen molar-refractivity contribution in [2.45, 2.75) is 46.3 Å². The predicted octanol–water partition coefficient (Wildman–Crippen LogP) is 2.46. The van der Waals surface area contributed by atoms with Gasteiger partial charge in [-0.25, -0.2) is 9.78 Å². The SMILES string of the molecule is Cc1csc(CNCCCNC(=O)OC(C)(C)C)n1. The number of rotatable bonds is 6. The average molecular weight is 285 g/mol. The van der Waals surface area contributed by atoms with Crippen LogP contribution >= 0.6 is 11.3 Å². The molecule has 0 bridgehead atoms. The summed E-state index contributed by atoms with van der Waals surface area (Å²) in [5, 5.41) is 9.16. The van der Waals surface area contributed by atoms with E-state index < -0.39 is 5.60 Å². The fourth-order valence-electron chi connectivity index (χ4n) is 1.40. The Morgan fingerprint density at radius 2 is 2.16 bits per heavy atom. The number of hydrogen-bond donors (Lipinski definition) is 2. The van der Waals surface area contributed by atoms with Gasteiger partial charge < -0.3 is 15.4 Å². The van der Waals surface area contributed by atoms with Gasteiger partial charge in [-0.05, 0) is 40.7 Å². The standard InChI is InChI=1S/C13H23N3O2S/c1-10-9-19-11(16-10)8-14-6-5-7-15-12(17)18-13(2,3)4/h9,14H,5-8H2,1-4H3,(H,15,17). The van der Waals surface area contributed by atoms with Crippen LogP contribution in [0.15, 0.2) is 5.38 Å². The first-order valence-electron chi connectivity index (χ1n) is 6.45. The first kappa shape index (κ1) is 15.9. The Kier molecular flexibility index (Phi) is 6.24. The molecule has 0 aliphatic carbocycles. The minimum atomic E-state index is -0.439. The number of carbonyl (C=O) groups is 1. The summed E-state index contributed by atoms with van der Waals surface area (Å²) < 4.78 is 5.14. The Labute approximate surface area is 118 Å². The highest BCUT2D eigenvalue weighted by atomic mass is 32.1. The van der Waals surface area contributed by atoms with E-state index in [0.717, 1.165) is 30.2 Å². The normalized spacial score (nSPS) is 11.4. The van der Waals surface area contributed by atoms with Gasteiger partial charge in [0.05, 0.1) is 0 Å². The van der Waals surface area contributed by atoms with Crippen LogP contribution in [0.2, 0.25) is 0 Å². The van der Waals surface area contributed by atoms with Gasteiger partial charge in [0.1, 0.15) is 10.6 Å². The molecule has 0 radical (unpaired) electrons. The molecular formula is C13H23N3O2S. The van der Waals surface area contributed by atoms with Crippen molar-refractivity contribution in [3.8, 4) is 0 Å². The summed E-state index contributed by atoms with van der Waals surface area (Å²) in [4.78, 5) is 15.7. The van der Waals surface area contributed by atoms with Gasteiger partial charge in [0.15, 0.2) is 0 Å². The minimum Gasteiger partial charge on any atom is -0.444 e. The summed E-state index contributed by atoms with van der Waals surface area (Å²) in [6.07, 6.45) is 0.506. The Balaban J connectivity index is 2.01. The zero-order chi connectivity index (χ0) is 14.3. The Morgan fingerprint density at radius 1 is 1.42 bits per heavy atom. The largest absolute Gasteiger partial charge is 0.444 e. The molecule has 1 amide bonds. The molecule has 0 fully saturated rings. The van der Waals surface area contributed by atoms with Crippen molar-refractivity contribution in [3.05, 3.63) is 16.1 Å². The van der Waals surface area contributed by atoms with Crippen LogP contribution in [-0.2, 0) is 11.3 Å². The van der Waals surface area contributed by atoms with Gasteiger partial charge in [0.2, 0.25) is 0 Å². The van der Waals surface area contributed by atoms with Crippen LogP contribution in [0.25, 0.3) is 0 Å². The fraction of sp³-hybridized carbons (Fsp3) is 0.692. The summed E-state index contributed by atoms with van der Waals surface area (Å²) in [6.45, 7) is 9.78. The van der Waals surface area contributed by atoms with Crippen molar-refractivity contribution in [1.29, 1.82) is 0 Å². The van der Waals surface area contributed by atoms with E-state index in [2.05, 4.69) is 15.6 Å². The van der Waals surface area contributed by atoms with Crippen molar-refractivity contribution in [2.75, 3.05) is 13.1 Å². The number of alkyl carbamates (subject to hydrolysis) is 1. The van der Waals surface area contributed by atoms with E-state index in [0.29, 0.717) is 6.54 Å². The van der Waals surface area contributed by atoms with Gasteiger partial charge in [-0.2, -0.15) is 0 Å². The van der Waals surface area contributed by atoms with E-state index in [-0.39, 0.29) is 6.09 Å². The number of thiazole rings is 1. The van der Waals surface area contributed by atoms with E-state index in [1.54, 1.807) is 11.3 Å². The number of hydrogen-bond acceptors (Lipinski definition) is 5. The molecule has 0 aliphatic rings. The number of carbonyl (C=O) groups excluding carboxylic acids is 1. The van der Waals surface area contributed by atoms with Gasteiger partial charge in [0, 0.05) is 24.2 Å². The van der Waals surface area contributed by atoms with E-state index >= 15 is 0 Å². The molecule has 5 nitrogen and oxygen atoms in total. The summed E-state index contributed by atoms with van der Waals surface area (Å²) in [5.74, 6) is 0. The monoisotopic (exact) mass is 285 g/mol. The van der Waals surface area contributed by atoms with Crippen molar-refractivity contribution < 1.29 is 9.53 Å². The third-order valence-corrected chi connectivity index (χ3v) is 3.11. The molecule has 0 spiro atoms. The molecule has 0 aromatic carbocycles. The zero-order valence-electron chi connectivity index (χ0n) is 12.1. The quantitative estimate of drug-likeness (QED) is 0.788. The molecule has 0 aliphatic heterocycles. The first-order valence-corrected chi connectivity index (χ1v) is 7.33. The van der Waals surface area contributed by atoms with Crippen molar-refractivity contribution >= 4 is 17.4 Å². The van der Waals surface area contributed by atoms with E-state index in [4.69, 9.17) is 4.74 Å². The molecule has 0 unspecified atom stereocenters. The summed E-state index contributed by atoms with van der Waals surface area (Å²) in [7, 11) is 0. The smallest absolute Gasteiger partial charge is 0.407 e. The molecule has 2 N–H and O–H groups in total.